The molecule has 0 aliphatic heterocycles. The summed E-state index contributed by atoms with van der Waals surface area (Å²) < 4.78 is 0. The lowest BCUT2D eigenvalue weighted by atomic mass is 9.92. The third kappa shape index (κ3) is 2.56. The highest BCUT2D eigenvalue weighted by molar-refractivity contribution is 5.80. The highest BCUT2D eigenvalue weighted by Gasteiger charge is 2.36. The van der Waals surface area contributed by atoms with Crippen LogP contribution in [0.3, 0.4) is 0 Å². The van der Waals surface area contributed by atoms with Gasteiger partial charge in [-0.3, -0.25) is 10.3 Å². The second-order valence-corrected chi connectivity index (χ2v) is 3.90. The fourth-order valence-electron chi connectivity index (χ4n) is 1.47. The minimum atomic E-state index is -1.24. The fourth-order valence-corrected chi connectivity index (χ4v) is 1.47. The molecule has 2 atom stereocenters. The minimum Gasteiger partial charge on any atom is -0.480 e. The van der Waals surface area contributed by atoms with E-state index in [9.17, 15) is 9.90 Å². The Kier molecular flexibility index (Phi) is 3.98. The van der Waals surface area contributed by atoms with E-state index < -0.39 is 11.5 Å². The number of aromatic nitrogens is 1. The van der Waals surface area contributed by atoms with Crippen LogP contribution in [0.15, 0.2) is 24.5 Å². The third-order valence-electron chi connectivity index (χ3n) is 2.48. The number of carboxylic acid groups (broad SMARTS) is 1. The Bertz CT molecular complexity index is 356. The maximum Gasteiger partial charge on any atom is 0.328 e. The number of rotatable bonds is 5. The monoisotopic (exact) mass is 224 g/mol. The molecular formula is C11H16N2O3. The molecule has 88 valence electrons. The van der Waals surface area contributed by atoms with Crippen molar-refractivity contribution in [3.8, 4) is 0 Å². The summed E-state index contributed by atoms with van der Waals surface area (Å²) in [6.07, 6.45) is 3.09. The molecule has 0 amide bonds. The number of carbonyl (C=O) groups is 1. The molecule has 0 bridgehead atoms. The van der Waals surface area contributed by atoms with E-state index in [1.165, 1.54) is 6.20 Å². The van der Waals surface area contributed by atoms with Crippen molar-refractivity contribution in [2.45, 2.75) is 25.4 Å². The molecule has 0 radical (unpaired) electrons. The molecular weight excluding hydrogens is 208 g/mol. The van der Waals surface area contributed by atoms with Crippen LogP contribution in [0.25, 0.3) is 0 Å². The summed E-state index contributed by atoms with van der Waals surface area (Å²) in [7, 11) is 0. The molecule has 0 fully saturated rings. The lowest BCUT2D eigenvalue weighted by Gasteiger charge is -2.29. The SMILES string of the molecule is CC(CO)NC(C)(C(=O)O)c1cccnc1. The molecule has 0 spiro atoms. The quantitative estimate of drug-likeness (QED) is 0.672. The van der Waals surface area contributed by atoms with Crippen molar-refractivity contribution in [2.75, 3.05) is 6.61 Å². The number of pyridine rings is 1. The molecule has 1 rings (SSSR count). The van der Waals surface area contributed by atoms with Crippen molar-refractivity contribution in [1.29, 1.82) is 0 Å². The van der Waals surface area contributed by atoms with Gasteiger partial charge in [0.2, 0.25) is 0 Å². The first kappa shape index (κ1) is 12.6. The van der Waals surface area contributed by atoms with Crippen LogP contribution in [0.4, 0.5) is 0 Å². The van der Waals surface area contributed by atoms with Gasteiger partial charge in [-0.15, -0.1) is 0 Å². The lowest BCUT2D eigenvalue weighted by Crippen LogP contribution is -2.51. The topological polar surface area (TPSA) is 82.5 Å². The number of hydrogen-bond acceptors (Lipinski definition) is 4. The second kappa shape index (κ2) is 5.05. The molecule has 0 aliphatic carbocycles. The van der Waals surface area contributed by atoms with Gasteiger partial charge in [-0.25, -0.2) is 4.79 Å². The Morgan fingerprint density at radius 2 is 2.38 bits per heavy atom. The van der Waals surface area contributed by atoms with Gasteiger partial charge in [0.15, 0.2) is 0 Å². The Morgan fingerprint density at radius 3 is 2.81 bits per heavy atom. The van der Waals surface area contributed by atoms with E-state index in [0.717, 1.165) is 0 Å². The van der Waals surface area contributed by atoms with Crippen LogP contribution in [-0.2, 0) is 10.3 Å². The van der Waals surface area contributed by atoms with Crippen LogP contribution in [0.2, 0.25) is 0 Å². The van der Waals surface area contributed by atoms with Gasteiger partial charge in [-0.1, -0.05) is 6.07 Å². The summed E-state index contributed by atoms with van der Waals surface area (Å²) in [4.78, 5) is 15.2. The summed E-state index contributed by atoms with van der Waals surface area (Å²) in [5, 5.41) is 21.1. The molecule has 5 nitrogen and oxygen atoms in total. The van der Waals surface area contributed by atoms with E-state index in [4.69, 9.17) is 5.11 Å². The average Bonchev–Trinajstić information content (AvgIpc) is 2.29. The average molecular weight is 224 g/mol. The van der Waals surface area contributed by atoms with Crippen LogP contribution in [0.5, 0.6) is 0 Å². The first-order valence-electron chi connectivity index (χ1n) is 5.03. The van der Waals surface area contributed by atoms with Gasteiger partial charge in [-0.2, -0.15) is 0 Å². The number of aliphatic carboxylic acids is 1. The molecule has 0 aliphatic rings. The molecule has 1 aromatic rings. The summed E-state index contributed by atoms with van der Waals surface area (Å²) in [6, 6.07) is 3.07. The zero-order valence-electron chi connectivity index (χ0n) is 9.34. The zero-order chi connectivity index (χ0) is 12.2. The standard InChI is InChI=1S/C11H16N2O3/c1-8(7-14)13-11(2,10(15)16)9-4-3-5-12-6-9/h3-6,8,13-14H,7H2,1-2H3,(H,15,16). The summed E-state index contributed by atoms with van der Waals surface area (Å²) in [5.74, 6) is -0.999. The molecule has 0 saturated carbocycles. The van der Waals surface area contributed by atoms with Gasteiger partial charge in [0.1, 0.15) is 5.54 Å². The first-order chi connectivity index (χ1) is 7.50. The Labute approximate surface area is 94.1 Å². The first-order valence-corrected chi connectivity index (χ1v) is 5.03. The van der Waals surface area contributed by atoms with Crippen molar-refractivity contribution in [3.05, 3.63) is 30.1 Å². The molecule has 1 heterocycles. The van der Waals surface area contributed by atoms with Crippen LogP contribution in [-0.4, -0.2) is 33.8 Å². The number of nitrogens with one attached hydrogen (secondary N) is 1. The summed E-state index contributed by atoms with van der Waals surface area (Å²) in [6.45, 7) is 3.15. The van der Waals surface area contributed by atoms with Crippen molar-refractivity contribution in [2.24, 2.45) is 0 Å². The number of nitrogens with zero attached hydrogens (tertiary/aromatic N) is 1. The van der Waals surface area contributed by atoms with Gasteiger partial charge in [0.05, 0.1) is 6.61 Å². The predicted molar refractivity (Wildman–Crippen MR) is 58.9 cm³/mol. The van der Waals surface area contributed by atoms with Gasteiger partial charge in [-0.05, 0) is 19.9 Å². The maximum absolute atomic E-state index is 11.3. The molecule has 1 aromatic heterocycles. The highest BCUT2D eigenvalue weighted by atomic mass is 16.4. The van der Waals surface area contributed by atoms with Gasteiger partial charge in [0.25, 0.3) is 0 Å². The number of carboxylic acids is 1. The Hall–Kier alpha value is -1.46. The third-order valence-corrected chi connectivity index (χ3v) is 2.48. The largest absolute Gasteiger partial charge is 0.480 e. The predicted octanol–water partition coefficient (Wildman–Crippen LogP) is 0.352. The highest BCUT2D eigenvalue weighted by Crippen LogP contribution is 2.20. The van der Waals surface area contributed by atoms with Gasteiger partial charge in [0, 0.05) is 24.0 Å². The van der Waals surface area contributed by atoms with Crippen molar-refractivity contribution in [1.82, 2.24) is 10.3 Å². The number of aliphatic hydroxyl groups excluding tert-OH is 1. The maximum atomic E-state index is 11.3. The van der Waals surface area contributed by atoms with E-state index in [0.29, 0.717) is 5.56 Å². The fraction of sp³-hybridized carbons (Fsp3) is 0.455. The molecule has 0 aromatic carbocycles. The normalized spacial score (nSPS) is 16.4. The van der Waals surface area contributed by atoms with Crippen LogP contribution >= 0.6 is 0 Å². The van der Waals surface area contributed by atoms with Gasteiger partial charge >= 0.3 is 5.97 Å². The second-order valence-electron chi connectivity index (χ2n) is 3.90. The van der Waals surface area contributed by atoms with E-state index in [1.807, 2.05) is 0 Å². The van der Waals surface area contributed by atoms with Crippen molar-refractivity contribution < 1.29 is 15.0 Å². The Balaban J connectivity index is 3.02. The van der Waals surface area contributed by atoms with E-state index >= 15 is 0 Å². The number of hydrogen-bond donors (Lipinski definition) is 3. The van der Waals surface area contributed by atoms with Crippen molar-refractivity contribution in [3.63, 3.8) is 0 Å². The van der Waals surface area contributed by atoms with E-state index in [2.05, 4.69) is 10.3 Å². The molecule has 5 heteroatoms. The molecule has 2 unspecified atom stereocenters. The van der Waals surface area contributed by atoms with E-state index in [1.54, 1.807) is 32.2 Å². The Morgan fingerprint density at radius 1 is 1.69 bits per heavy atom. The van der Waals surface area contributed by atoms with Crippen LogP contribution in [0, 0.1) is 0 Å². The zero-order valence-corrected chi connectivity index (χ0v) is 9.34. The molecule has 3 N–H and O–H groups in total. The molecule has 0 saturated heterocycles. The van der Waals surface area contributed by atoms with E-state index in [-0.39, 0.29) is 12.6 Å². The summed E-state index contributed by atoms with van der Waals surface area (Å²) >= 11 is 0. The summed E-state index contributed by atoms with van der Waals surface area (Å²) in [5.41, 5.74) is -0.682. The van der Waals surface area contributed by atoms with Crippen molar-refractivity contribution >= 4 is 5.97 Å². The smallest absolute Gasteiger partial charge is 0.328 e. The van der Waals surface area contributed by atoms with Gasteiger partial charge < -0.3 is 10.2 Å². The minimum absolute atomic E-state index is 0.122. The lowest BCUT2D eigenvalue weighted by molar-refractivity contribution is -0.145. The van der Waals surface area contributed by atoms with Crippen LogP contribution in [0.1, 0.15) is 19.4 Å². The van der Waals surface area contributed by atoms with Crippen LogP contribution < -0.4 is 5.32 Å². The number of aliphatic hydroxyl groups is 1. The molecule has 16 heavy (non-hydrogen) atoms.